The first-order valence-electron chi connectivity index (χ1n) is 7.24. The van der Waals surface area contributed by atoms with Crippen LogP contribution in [0.3, 0.4) is 0 Å². The lowest BCUT2D eigenvalue weighted by Crippen LogP contribution is -2.23. The summed E-state index contributed by atoms with van der Waals surface area (Å²) < 4.78 is 32.2. The Morgan fingerprint density at radius 2 is 1.95 bits per heavy atom. The Morgan fingerprint density at radius 3 is 2.59 bits per heavy atom. The van der Waals surface area contributed by atoms with Crippen LogP contribution in [0, 0.1) is 0 Å². The Kier molecular flexibility index (Phi) is 4.39. The largest absolute Gasteiger partial charge is 0.490 e. The van der Waals surface area contributed by atoms with E-state index in [0.717, 1.165) is 24.2 Å². The zero-order chi connectivity index (χ0) is 15.4. The van der Waals surface area contributed by atoms with Crippen molar-refractivity contribution in [3.8, 4) is 5.75 Å². The minimum atomic E-state index is -3.63. The molecule has 0 amide bonds. The first-order chi connectivity index (χ1) is 10.6. The Morgan fingerprint density at radius 1 is 1.23 bits per heavy atom. The van der Waals surface area contributed by atoms with Crippen LogP contribution in [0.4, 0.5) is 0 Å². The van der Waals surface area contributed by atoms with Crippen LogP contribution in [0.15, 0.2) is 35.5 Å². The van der Waals surface area contributed by atoms with Gasteiger partial charge in [-0.2, -0.15) is 10.3 Å². The van der Waals surface area contributed by atoms with Crippen molar-refractivity contribution in [2.75, 3.05) is 0 Å². The van der Waals surface area contributed by atoms with Crippen molar-refractivity contribution in [3.05, 3.63) is 36.0 Å². The second kappa shape index (κ2) is 6.45. The van der Waals surface area contributed by atoms with Gasteiger partial charge in [0, 0.05) is 6.54 Å². The van der Waals surface area contributed by atoms with Crippen LogP contribution >= 0.6 is 0 Å². The summed E-state index contributed by atoms with van der Waals surface area (Å²) in [6.45, 7) is 0.193. The third kappa shape index (κ3) is 3.63. The first kappa shape index (κ1) is 15.0. The molecule has 2 aromatic rings. The van der Waals surface area contributed by atoms with Crippen molar-refractivity contribution in [1.29, 1.82) is 0 Å². The van der Waals surface area contributed by atoms with Gasteiger partial charge in [-0.05, 0) is 43.4 Å². The van der Waals surface area contributed by atoms with Gasteiger partial charge in [0.05, 0.1) is 12.3 Å². The van der Waals surface area contributed by atoms with Gasteiger partial charge in [-0.3, -0.25) is 0 Å². The molecule has 22 heavy (non-hydrogen) atoms. The van der Waals surface area contributed by atoms with Gasteiger partial charge in [-0.25, -0.2) is 13.1 Å². The predicted molar refractivity (Wildman–Crippen MR) is 79.7 cm³/mol. The highest BCUT2D eigenvalue weighted by Gasteiger charge is 2.17. The Labute approximate surface area is 129 Å². The Balaban J connectivity index is 1.57. The predicted octanol–water partition coefficient (Wildman–Crippen LogP) is 1.60. The summed E-state index contributed by atoms with van der Waals surface area (Å²) in [5.41, 5.74) is 0.853. The van der Waals surface area contributed by atoms with E-state index in [9.17, 15) is 8.42 Å². The molecule has 1 aliphatic rings. The number of benzene rings is 1. The third-order valence-corrected chi connectivity index (χ3v) is 4.93. The second-order valence-electron chi connectivity index (χ2n) is 5.30. The number of hydrogen-bond donors (Lipinski definition) is 2. The number of sulfonamides is 1. The molecule has 0 bridgehead atoms. The van der Waals surface area contributed by atoms with E-state index in [1.807, 2.05) is 24.3 Å². The fourth-order valence-electron chi connectivity index (χ4n) is 2.46. The van der Waals surface area contributed by atoms with Gasteiger partial charge < -0.3 is 4.74 Å². The van der Waals surface area contributed by atoms with Crippen molar-refractivity contribution in [1.82, 2.24) is 20.1 Å². The summed E-state index contributed by atoms with van der Waals surface area (Å²) in [6.07, 6.45) is 6.16. The van der Waals surface area contributed by atoms with Crippen LogP contribution in [0.2, 0.25) is 0 Å². The van der Waals surface area contributed by atoms with Crippen molar-refractivity contribution < 1.29 is 13.2 Å². The van der Waals surface area contributed by atoms with Crippen molar-refractivity contribution >= 4 is 10.0 Å². The van der Waals surface area contributed by atoms with Crippen LogP contribution in [0.5, 0.6) is 5.75 Å². The summed E-state index contributed by atoms with van der Waals surface area (Å²) >= 11 is 0. The molecule has 3 rings (SSSR count). The van der Waals surface area contributed by atoms with E-state index in [2.05, 4.69) is 20.1 Å². The van der Waals surface area contributed by atoms with Crippen molar-refractivity contribution in [3.63, 3.8) is 0 Å². The molecule has 118 valence electrons. The van der Waals surface area contributed by atoms with Gasteiger partial charge in [-0.1, -0.05) is 12.1 Å². The normalized spacial score (nSPS) is 16.0. The minimum Gasteiger partial charge on any atom is -0.490 e. The highest BCUT2D eigenvalue weighted by atomic mass is 32.2. The molecule has 7 nitrogen and oxygen atoms in total. The molecule has 1 saturated carbocycles. The maximum atomic E-state index is 11.9. The third-order valence-electron chi connectivity index (χ3n) is 3.66. The summed E-state index contributed by atoms with van der Waals surface area (Å²) in [5.74, 6) is 0.829. The SMILES string of the molecule is O=S(=O)(NCc1ccc(OC2CCCC2)cc1)c1cn[nH]n1. The van der Waals surface area contributed by atoms with E-state index in [-0.39, 0.29) is 11.6 Å². The Bertz CT molecular complexity index is 692. The zero-order valence-corrected chi connectivity index (χ0v) is 12.8. The lowest BCUT2D eigenvalue weighted by molar-refractivity contribution is 0.210. The fourth-order valence-corrected chi connectivity index (χ4v) is 3.31. The van der Waals surface area contributed by atoms with Crippen molar-refractivity contribution in [2.24, 2.45) is 0 Å². The molecule has 1 fully saturated rings. The van der Waals surface area contributed by atoms with E-state index in [1.54, 1.807) is 0 Å². The number of nitrogens with one attached hydrogen (secondary N) is 2. The van der Waals surface area contributed by atoms with E-state index in [1.165, 1.54) is 19.0 Å². The number of aromatic amines is 1. The maximum absolute atomic E-state index is 11.9. The second-order valence-corrected chi connectivity index (χ2v) is 7.01. The maximum Gasteiger partial charge on any atom is 0.261 e. The number of ether oxygens (including phenoxy) is 1. The summed E-state index contributed by atoms with van der Waals surface area (Å²) in [7, 11) is -3.63. The van der Waals surface area contributed by atoms with Crippen LogP contribution in [0.1, 0.15) is 31.2 Å². The monoisotopic (exact) mass is 322 g/mol. The molecule has 1 heterocycles. The number of rotatable bonds is 6. The molecular weight excluding hydrogens is 304 g/mol. The molecule has 0 saturated heterocycles. The average molecular weight is 322 g/mol. The van der Waals surface area contributed by atoms with Gasteiger partial charge >= 0.3 is 0 Å². The Hall–Kier alpha value is -1.93. The molecule has 1 aromatic heterocycles. The molecule has 8 heteroatoms. The quantitative estimate of drug-likeness (QED) is 0.842. The van der Waals surface area contributed by atoms with E-state index in [4.69, 9.17) is 4.74 Å². The van der Waals surface area contributed by atoms with Crippen LogP contribution in [-0.2, 0) is 16.6 Å². The molecule has 1 aliphatic carbocycles. The lowest BCUT2D eigenvalue weighted by Gasteiger charge is -2.13. The number of hydrogen-bond acceptors (Lipinski definition) is 5. The molecule has 1 aromatic carbocycles. The summed E-state index contributed by atoms with van der Waals surface area (Å²) in [4.78, 5) is 0. The molecule has 0 unspecified atom stereocenters. The first-order valence-corrected chi connectivity index (χ1v) is 8.73. The van der Waals surface area contributed by atoms with E-state index < -0.39 is 10.0 Å². The topological polar surface area (TPSA) is 97.0 Å². The highest BCUT2D eigenvalue weighted by Crippen LogP contribution is 2.24. The smallest absolute Gasteiger partial charge is 0.261 e. The number of nitrogens with zero attached hydrogens (tertiary/aromatic N) is 2. The highest BCUT2D eigenvalue weighted by molar-refractivity contribution is 7.89. The van der Waals surface area contributed by atoms with Gasteiger partial charge in [0.2, 0.25) is 5.03 Å². The van der Waals surface area contributed by atoms with Crippen LogP contribution in [0.25, 0.3) is 0 Å². The van der Waals surface area contributed by atoms with Gasteiger partial charge in [0.1, 0.15) is 5.75 Å². The van der Waals surface area contributed by atoms with Crippen molar-refractivity contribution in [2.45, 2.75) is 43.4 Å². The molecule has 2 N–H and O–H groups in total. The number of aromatic nitrogens is 3. The molecule has 0 radical (unpaired) electrons. The molecule has 0 atom stereocenters. The van der Waals surface area contributed by atoms with E-state index in [0.29, 0.717) is 6.10 Å². The van der Waals surface area contributed by atoms with E-state index >= 15 is 0 Å². The number of H-pyrrole nitrogens is 1. The average Bonchev–Trinajstić information content (AvgIpc) is 3.20. The van der Waals surface area contributed by atoms with Crippen LogP contribution in [-0.4, -0.2) is 29.9 Å². The molecule has 0 spiro atoms. The molecule has 0 aliphatic heterocycles. The van der Waals surface area contributed by atoms with Gasteiger partial charge in [0.25, 0.3) is 10.0 Å². The minimum absolute atomic E-state index is 0.117. The standard InChI is InChI=1S/C14H18N4O3S/c19-22(20,14-10-15-18-17-14)16-9-11-5-7-13(8-6-11)21-12-3-1-2-4-12/h5-8,10,12,16H,1-4,9H2,(H,15,17,18). The summed E-state index contributed by atoms with van der Waals surface area (Å²) in [6, 6.07) is 7.46. The van der Waals surface area contributed by atoms with Crippen LogP contribution < -0.4 is 9.46 Å². The summed E-state index contributed by atoms with van der Waals surface area (Å²) in [5, 5.41) is 9.22. The fraction of sp³-hybridized carbons (Fsp3) is 0.429. The van der Waals surface area contributed by atoms with Gasteiger partial charge in [0.15, 0.2) is 0 Å². The van der Waals surface area contributed by atoms with Gasteiger partial charge in [-0.15, -0.1) is 5.10 Å². The zero-order valence-electron chi connectivity index (χ0n) is 12.0. The molecular formula is C14H18N4O3S. The lowest BCUT2D eigenvalue weighted by atomic mass is 10.2.